The van der Waals surface area contributed by atoms with Gasteiger partial charge in [0.15, 0.2) is 0 Å². The fourth-order valence-corrected chi connectivity index (χ4v) is 4.04. The molecule has 1 aromatic heterocycles. The molecule has 4 aromatic rings. The number of benzene rings is 3. The van der Waals surface area contributed by atoms with Gasteiger partial charge in [-0.15, -0.1) is 0 Å². The molecule has 0 bridgehead atoms. The molecule has 0 fully saturated rings. The molecular weight excluding hydrogens is 408 g/mol. The number of aryl methyl sites for hydroxylation is 1. The Balaban J connectivity index is 1.65. The van der Waals surface area contributed by atoms with Crippen LogP contribution in [0.4, 0.5) is 0 Å². The van der Waals surface area contributed by atoms with E-state index in [1.54, 1.807) is 11.8 Å². The molecular formula is C25H22N2O3S. The van der Waals surface area contributed by atoms with Crippen molar-refractivity contribution in [3.63, 3.8) is 0 Å². The molecule has 0 atom stereocenters. The third kappa shape index (κ3) is 4.98. The van der Waals surface area contributed by atoms with Crippen LogP contribution in [0.5, 0.6) is 11.6 Å². The molecule has 0 unspecified atom stereocenters. The number of carbonyl (C=O) groups is 1. The molecule has 0 aliphatic carbocycles. The first-order valence-corrected chi connectivity index (χ1v) is 10.7. The van der Waals surface area contributed by atoms with Gasteiger partial charge in [0.1, 0.15) is 5.75 Å². The molecule has 0 radical (unpaired) electrons. The number of esters is 1. The van der Waals surface area contributed by atoms with E-state index in [-0.39, 0.29) is 12.4 Å². The van der Waals surface area contributed by atoms with Crippen LogP contribution in [-0.2, 0) is 11.2 Å². The number of ether oxygens (including phenoxy) is 2. The van der Waals surface area contributed by atoms with Crippen molar-refractivity contribution in [3.8, 4) is 17.3 Å². The quantitative estimate of drug-likeness (QED) is 0.363. The average Bonchev–Trinajstić information content (AvgIpc) is 3.10. The fourth-order valence-electron chi connectivity index (χ4n) is 3.10. The third-order valence-corrected chi connectivity index (χ3v) is 5.83. The number of hydrogen-bond donors (Lipinski definition) is 0. The van der Waals surface area contributed by atoms with E-state index < -0.39 is 0 Å². The van der Waals surface area contributed by atoms with E-state index in [1.165, 1.54) is 11.8 Å². The van der Waals surface area contributed by atoms with Crippen molar-refractivity contribution in [2.45, 2.75) is 23.1 Å². The summed E-state index contributed by atoms with van der Waals surface area (Å²) in [6, 6.07) is 27.0. The van der Waals surface area contributed by atoms with Crippen LogP contribution in [-0.4, -0.2) is 22.9 Å². The first kappa shape index (κ1) is 20.8. The topological polar surface area (TPSA) is 53.4 Å². The molecule has 0 aliphatic rings. The van der Waals surface area contributed by atoms with Crippen molar-refractivity contribution in [3.05, 3.63) is 96.2 Å². The molecule has 0 saturated carbocycles. The summed E-state index contributed by atoms with van der Waals surface area (Å²) in [7, 11) is 1.61. The summed E-state index contributed by atoms with van der Waals surface area (Å²) in [6.45, 7) is 1.92. The van der Waals surface area contributed by atoms with Crippen molar-refractivity contribution in [2.75, 3.05) is 7.11 Å². The van der Waals surface area contributed by atoms with Gasteiger partial charge in [-0.05, 0) is 48.9 Å². The van der Waals surface area contributed by atoms with Crippen molar-refractivity contribution in [2.24, 2.45) is 0 Å². The van der Waals surface area contributed by atoms with Crippen LogP contribution in [0.15, 0.2) is 94.7 Å². The van der Waals surface area contributed by atoms with Gasteiger partial charge >= 0.3 is 5.97 Å². The lowest BCUT2D eigenvalue weighted by Crippen LogP contribution is -2.14. The summed E-state index contributed by atoms with van der Waals surface area (Å²) in [5.41, 5.74) is 2.48. The zero-order valence-electron chi connectivity index (χ0n) is 17.3. The van der Waals surface area contributed by atoms with Gasteiger partial charge < -0.3 is 9.47 Å². The molecule has 156 valence electrons. The second-order valence-corrected chi connectivity index (χ2v) is 7.96. The molecule has 0 amide bonds. The highest BCUT2D eigenvalue weighted by Crippen LogP contribution is 2.39. The van der Waals surface area contributed by atoms with Crippen LogP contribution in [0.3, 0.4) is 0 Å². The molecule has 0 saturated heterocycles. The van der Waals surface area contributed by atoms with Crippen molar-refractivity contribution >= 4 is 17.7 Å². The Morgan fingerprint density at radius 2 is 1.58 bits per heavy atom. The first-order chi connectivity index (χ1) is 15.1. The van der Waals surface area contributed by atoms with Crippen LogP contribution < -0.4 is 9.47 Å². The fraction of sp³-hybridized carbons (Fsp3) is 0.120. The Morgan fingerprint density at radius 3 is 2.23 bits per heavy atom. The minimum Gasteiger partial charge on any atom is -0.497 e. The van der Waals surface area contributed by atoms with Crippen LogP contribution in [0.2, 0.25) is 0 Å². The maximum absolute atomic E-state index is 12.8. The Kier molecular flexibility index (Phi) is 6.38. The lowest BCUT2D eigenvalue weighted by molar-refractivity contribution is -0.134. The maximum Gasteiger partial charge on any atom is 0.317 e. The lowest BCUT2D eigenvalue weighted by Gasteiger charge is -2.10. The Hall–Kier alpha value is -3.51. The first-order valence-electron chi connectivity index (χ1n) is 9.85. The van der Waals surface area contributed by atoms with Gasteiger partial charge in [0.2, 0.25) is 5.88 Å². The van der Waals surface area contributed by atoms with Crippen molar-refractivity contribution < 1.29 is 14.3 Å². The Labute approximate surface area is 185 Å². The Morgan fingerprint density at radius 1 is 0.935 bits per heavy atom. The summed E-state index contributed by atoms with van der Waals surface area (Å²) in [5.74, 6) is 0.824. The van der Waals surface area contributed by atoms with E-state index in [0.29, 0.717) is 5.88 Å². The number of nitrogens with zero attached hydrogens (tertiary/aromatic N) is 2. The van der Waals surface area contributed by atoms with E-state index in [4.69, 9.17) is 9.47 Å². The van der Waals surface area contributed by atoms with E-state index in [9.17, 15) is 4.79 Å². The van der Waals surface area contributed by atoms with Gasteiger partial charge in [0.25, 0.3) is 0 Å². The molecule has 0 aliphatic heterocycles. The summed E-state index contributed by atoms with van der Waals surface area (Å²) in [5, 5.41) is 4.66. The van der Waals surface area contributed by atoms with Crippen LogP contribution >= 0.6 is 11.8 Å². The second kappa shape index (κ2) is 9.53. The van der Waals surface area contributed by atoms with E-state index in [2.05, 4.69) is 5.10 Å². The zero-order chi connectivity index (χ0) is 21.6. The molecule has 0 N–H and O–H groups in total. The highest BCUT2D eigenvalue weighted by Gasteiger charge is 2.22. The normalized spacial score (nSPS) is 10.6. The van der Waals surface area contributed by atoms with Crippen molar-refractivity contribution in [1.82, 2.24) is 9.78 Å². The van der Waals surface area contributed by atoms with E-state index in [1.807, 2.05) is 91.9 Å². The summed E-state index contributed by atoms with van der Waals surface area (Å²) in [4.78, 5) is 14.7. The van der Waals surface area contributed by atoms with E-state index >= 15 is 0 Å². The lowest BCUT2D eigenvalue weighted by atomic mass is 10.1. The molecule has 3 aromatic carbocycles. The van der Waals surface area contributed by atoms with Gasteiger partial charge in [-0.1, -0.05) is 60.3 Å². The number of para-hydroxylation sites is 1. The van der Waals surface area contributed by atoms with Gasteiger partial charge in [-0.25, -0.2) is 0 Å². The number of methoxy groups -OCH3 is 1. The maximum atomic E-state index is 12.8. The number of hydrogen-bond acceptors (Lipinski definition) is 5. The van der Waals surface area contributed by atoms with Crippen molar-refractivity contribution in [1.29, 1.82) is 0 Å². The second-order valence-electron chi connectivity index (χ2n) is 6.88. The van der Waals surface area contributed by atoms with E-state index in [0.717, 1.165) is 32.5 Å². The average molecular weight is 431 g/mol. The summed E-state index contributed by atoms with van der Waals surface area (Å²) >= 11 is 1.53. The number of rotatable bonds is 7. The molecule has 31 heavy (non-hydrogen) atoms. The largest absolute Gasteiger partial charge is 0.497 e. The number of carbonyl (C=O) groups excluding carboxylic acids is 1. The van der Waals surface area contributed by atoms with Crippen LogP contribution in [0.1, 0.15) is 11.3 Å². The molecule has 1 heterocycles. The summed E-state index contributed by atoms with van der Waals surface area (Å²) < 4.78 is 12.8. The summed E-state index contributed by atoms with van der Waals surface area (Å²) in [6.07, 6.45) is 0.151. The van der Waals surface area contributed by atoms with Gasteiger partial charge in [-0.3, -0.25) is 4.79 Å². The zero-order valence-corrected chi connectivity index (χ0v) is 18.1. The molecule has 4 rings (SSSR count). The van der Waals surface area contributed by atoms with Crippen LogP contribution in [0, 0.1) is 6.92 Å². The SMILES string of the molecule is COc1ccc(CC(=O)Oc2c(Sc3ccccc3)c(C)nn2-c2ccccc2)cc1. The minimum absolute atomic E-state index is 0.151. The smallest absolute Gasteiger partial charge is 0.317 e. The molecule has 5 nitrogen and oxygen atoms in total. The van der Waals surface area contributed by atoms with Gasteiger partial charge in [0, 0.05) is 4.90 Å². The number of aromatic nitrogens is 2. The standard InChI is InChI=1S/C25H22N2O3S/c1-18-24(31-22-11-7-4-8-12-22)25(27(26-18)20-9-5-3-6-10-20)30-23(28)17-19-13-15-21(29-2)16-14-19/h3-16H,17H2,1-2H3. The predicted molar refractivity (Wildman–Crippen MR) is 121 cm³/mol. The highest BCUT2D eigenvalue weighted by molar-refractivity contribution is 7.99. The monoisotopic (exact) mass is 430 g/mol. The molecule has 0 spiro atoms. The predicted octanol–water partition coefficient (Wildman–Crippen LogP) is 5.49. The van der Waals surface area contributed by atoms with Crippen LogP contribution in [0.25, 0.3) is 5.69 Å². The minimum atomic E-state index is -0.350. The molecule has 6 heteroatoms. The van der Waals surface area contributed by atoms with Gasteiger partial charge in [-0.2, -0.15) is 9.78 Å². The Bertz CT molecular complexity index is 1160. The third-order valence-electron chi connectivity index (χ3n) is 4.65. The highest BCUT2D eigenvalue weighted by atomic mass is 32.2. The van der Waals surface area contributed by atoms with Gasteiger partial charge in [0.05, 0.1) is 29.8 Å².